The number of pyridine rings is 1. The average Bonchev–Trinajstić information content (AvgIpc) is 2.52. The first kappa shape index (κ1) is 15.3. The lowest BCUT2D eigenvalue weighted by Crippen LogP contribution is -2.39. The van der Waals surface area contributed by atoms with Gasteiger partial charge in [-0.25, -0.2) is 0 Å². The van der Waals surface area contributed by atoms with Gasteiger partial charge in [0.05, 0.1) is 0 Å². The maximum atomic E-state index is 12.9. The van der Waals surface area contributed by atoms with Gasteiger partial charge in [-0.1, -0.05) is 25.0 Å². The van der Waals surface area contributed by atoms with E-state index in [0.29, 0.717) is 6.04 Å². The summed E-state index contributed by atoms with van der Waals surface area (Å²) >= 11 is 0. The van der Waals surface area contributed by atoms with Crippen molar-refractivity contribution >= 4 is 10.9 Å². The summed E-state index contributed by atoms with van der Waals surface area (Å²) in [5.41, 5.74) is 4.25. The molecule has 2 aromatic rings. The van der Waals surface area contributed by atoms with Crippen molar-refractivity contribution < 1.29 is 0 Å². The molecule has 3 rings (SSSR count). The van der Waals surface area contributed by atoms with Gasteiger partial charge in [0, 0.05) is 34.7 Å². The zero-order valence-corrected chi connectivity index (χ0v) is 13.9. The summed E-state index contributed by atoms with van der Waals surface area (Å²) in [6, 6.07) is 6.69. The molecule has 1 fully saturated rings. The van der Waals surface area contributed by atoms with Crippen LogP contribution in [0.25, 0.3) is 10.9 Å². The first-order valence-electron chi connectivity index (χ1n) is 8.46. The second kappa shape index (κ2) is 6.25. The van der Waals surface area contributed by atoms with Crippen molar-refractivity contribution in [2.45, 2.75) is 59.0 Å². The number of piperidine rings is 1. The first-order chi connectivity index (χ1) is 10.6. The van der Waals surface area contributed by atoms with Gasteiger partial charge in [-0.3, -0.25) is 9.69 Å². The molecule has 1 aliphatic heterocycles. The monoisotopic (exact) mass is 298 g/mol. The second-order valence-corrected chi connectivity index (χ2v) is 6.64. The van der Waals surface area contributed by atoms with E-state index in [4.69, 9.17) is 0 Å². The zero-order chi connectivity index (χ0) is 15.7. The molecule has 1 aromatic heterocycles. The third kappa shape index (κ3) is 2.82. The number of benzene rings is 1. The third-order valence-corrected chi connectivity index (χ3v) is 5.05. The number of rotatable bonds is 3. The summed E-state index contributed by atoms with van der Waals surface area (Å²) in [6.45, 7) is 8.22. The molecule has 0 radical (unpaired) electrons. The van der Waals surface area contributed by atoms with Crippen LogP contribution in [0.4, 0.5) is 0 Å². The van der Waals surface area contributed by atoms with Crippen LogP contribution in [0.2, 0.25) is 0 Å². The van der Waals surface area contributed by atoms with Gasteiger partial charge in [0.2, 0.25) is 0 Å². The van der Waals surface area contributed by atoms with E-state index < -0.39 is 0 Å². The van der Waals surface area contributed by atoms with Crippen LogP contribution in [0.15, 0.2) is 23.0 Å². The van der Waals surface area contributed by atoms with Gasteiger partial charge in [0.1, 0.15) is 0 Å². The molecule has 0 spiro atoms. The van der Waals surface area contributed by atoms with Gasteiger partial charge >= 0.3 is 0 Å². The fourth-order valence-corrected chi connectivity index (χ4v) is 3.69. The maximum absolute atomic E-state index is 12.9. The maximum Gasteiger partial charge on any atom is 0.194 e. The Bertz CT molecular complexity index is 732. The van der Waals surface area contributed by atoms with Gasteiger partial charge in [-0.2, -0.15) is 0 Å². The van der Waals surface area contributed by atoms with E-state index in [9.17, 15) is 4.79 Å². The summed E-state index contributed by atoms with van der Waals surface area (Å²) in [7, 11) is 0. The molecule has 1 aliphatic rings. The van der Waals surface area contributed by atoms with Crippen LogP contribution in [-0.4, -0.2) is 22.5 Å². The predicted octanol–water partition coefficient (Wildman–Crippen LogP) is 3.91. The molecular weight excluding hydrogens is 272 g/mol. The van der Waals surface area contributed by atoms with Crippen LogP contribution < -0.4 is 5.43 Å². The van der Waals surface area contributed by atoms with Crippen molar-refractivity contribution in [2.24, 2.45) is 0 Å². The molecule has 0 unspecified atom stereocenters. The highest BCUT2D eigenvalue weighted by Crippen LogP contribution is 2.22. The lowest BCUT2D eigenvalue weighted by molar-refractivity contribution is 0.135. The van der Waals surface area contributed by atoms with Crippen LogP contribution in [0.3, 0.4) is 0 Å². The van der Waals surface area contributed by atoms with E-state index in [0.717, 1.165) is 40.8 Å². The molecule has 0 saturated carbocycles. The summed E-state index contributed by atoms with van der Waals surface area (Å²) in [5, 5.41) is 0.825. The minimum absolute atomic E-state index is 0.204. The highest BCUT2D eigenvalue weighted by atomic mass is 16.1. The highest BCUT2D eigenvalue weighted by Gasteiger charge is 2.22. The average molecular weight is 298 g/mol. The number of likely N-dealkylation sites (tertiary alicyclic amines) is 1. The molecule has 118 valence electrons. The predicted molar refractivity (Wildman–Crippen MR) is 92.4 cm³/mol. The Morgan fingerprint density at radius 2 is 2.09 bits per heavy atom. The minimum atomic E-state index is 0.204. The third-order valence-electron chi connectivity index (χ3n) is 5.05. The molecular formula is C19H26N2O. The van der Waals surface area contributed by atoms with Crippen LogP contribution in [-0.2, 0) is 6.54 Å². The molecule has 0 bridgehead atoms. The van der Waals surface area contributed by atoms with E-state index in [2.05, 4.69) is 22.9 Å². The Morgan fingerprint density at radius 1 is 1.27 bits per heavy atom. The van der Waals surface area contributed by atoms with Crippen molar-refractivity contribution in [2.75, 3.05) is 6.54 Å². The number of hydrogen-bond donors (Lipinski definition) is 1. The Morgan fingerprint density at radius 3 is 2.86 bits per heavy atom. The van der Waals surface area contributed by atoms with E-state index in [1.807, 2.05) is 26.0 Å². The van der Waals surface area contributed by atoms with E-state index in [-0.39, 0.29) is 5.43 Å². The number of aromatic nitrogens is 1. The fourth-order valence-electron chi connectivity index (χ4n) is 3.69. The molecule has 2 heterocycles. The minimum Gasteiger partial charge on any atom is -0.358 e. The lowest BCUT2D eigenvalue weighted by Gasteiger charge is -2.35. The summed E-state index contributed by atoms with van der Waals surface area (Å²) in [4.78, 5) is 18.8. The molecule has 1 N–H and O–H groups in total. The van der Waals surface area contributed by atoms with Crippen molar-refractivity contribution in [3.8, 4) is 0 Å². The number of nitrogens with one attached hydrogen (secondary N) is 1. The number of H-pyrrole nitrogens is 1. The number of nitrogens with zero attached hydrogens (tertiary/aromatic N) is 1. The molecule has 22 heavy (non-hydrogen) atoms. The molecule has 1 saturated heterocycles. The summed E-state index contributed by atoms with van der Waals surface area (Å²) in [5.74, 6) is 0. The Kier molecular flexibility index (Phi) is 4.34. The quantitative estimate of drug-likeness (QED) is 0.932. The van der Waals surface area contributed by atoms with Gasteiger partial charge in [-0.05, 0) is 51.8 Å². The van der Waals surface area contributed by atoms with Crippen LogP contribution in [0.1, 0.15) is 49.4 Å². The normalized spacial score (nSPS) is 19.7. The van der Waals surface area contributed by atoms with E-state index in [1.165, 1.54) is 25.7 Å². The largest absolute Gasteiger partial charge is 0.358 e. The van der Waals surface area contributed by atoms with E-state index >= 15 is 0 Å². The topological polar surface area (TPSA) is 36.1 Å². The summed E-state index contributed by atoms with van der Waals surface area (Å²) in [6.07, 6.45) is 5.01. The zero-order valence-electron chi connectivity index (χ0n) is 13.9. The molecule has 0 amide bonds. The smallest absolute Gasteiger partial charge is 0.194 e. The number of fused-ring (bicyclic) bond motifs is 1. The van der Waals surface area contributed by atoms with Crippen LogP contribution in [0.5, 0.6) is 0 Å². The van der Waals surface area contributed by atoms with Crippen LogP contribution >= 0.6 is 0 Å². The van der Waals surface area contributed by atoms with Gasteiger partial charge in [0.15, 0.2) is 5.43 Å². The standard InChI is InChI=1S/C19H26N2O/c1-4-15-7-5-6-10-21(15)12-17-14(3)20-18-9-8-13(2)11-16(18)19(17)22/h8-9,11,15H,4-7,10,12H2,1-3H3,(H,20,22)/t15-/m0/s1. The van der Waals surface area contributed by atoms with Crippen molar-refractivity contribution in [1.82, 2.24) is 9.88 Å². The molecule has 0 aliphatic carbocycles. The second-order valence-electron chi connectivity index (χ2n) is 6.64. The molecule has 1 atom stereocenters. The van der Waals surface area contributed by atoms with Gasteiger partial charge < -0.3 is 4.98 Å². The van der Waals surface area contributed by atoms with E-state index in [1.54, 1.807) is 0 Å². The SMILES string of the molecule is CC[C@H]1CCCCN1Cc1c(C)[nH]c2ccc(C)cc2c1=O. The number of aryl methyl sites for hydroxylation is 2. The Labute approximate surface area is 132 Å². The molecule has 3 heteroatoms. The molecule has 3 nitrogen and oxygen atoms in total. The van der Waals surface area contributed by atoms with Crippen molar-refractivity contribution in [1.29, 1.82) is 0 Å². The summed E-state index contributed by atoms with van der Waals surface area (Å²) < 4.78 is 0. The van der Waals surface area contributed by atoms with Gasteiger partial charge in [-0.15, -0.1) is 0 Å². The van der Waals surface area contributed by atoms with Crippen molar-refractivity contribution in [3.05, 3.63) is 45.2 Å². The number of aromatic amines is 1. The van der Waals surface area contributed by atoms with Crippen molar-refractivity contribution in [3.63, 3.8) is 0 Å². The number of hydrogen-bond acceptors (Lipinski definition) is 2. The molecule has 1 aromatic carbocycles. The lowest BCUT2D eigenvalue weighted by atomic mass is 9.98. The van der Waals surface area contributed by atoms with Gasteiger partial charge in [0.25, 0.3) is 0 Å². The first-order valence-corrected chi connectivity index (χ1v) is 8.46. The van der Waals surface area contributed by atoms with Crippen LogP contribution in [0, 0.1) is 13.8 Å². The fraction of sp³-hybridized carbons (Fsp3) is 0.526. The Hall–Kier alpha value is -1.61. The highest BCUT2D eigenvalue weighted by molar-refractivity contribution is 5.80. The Balaban J connectivity index is 2.01.